The largest absolute Gasteiger partial charge is 0.465 e. The summed E-state index contributed by atoms with van der Waals surface area (Å²) in [6, 6.07) is 15.1. The van der Waals surface area contributed by atoms with Crippen molar-refractivity contribution in [3.8, 4) is 11.1 Å². The first-order valence-corrected chi connectivity index (χ1v) is 10.7. The number of esters is 1. The number of anilines is 1. The fourth-order valence-electron chi connectivity index (χ4n) is 4.05. The summed E-state index contributed by atoms with van der Waals surface area (Å²) in [5.41, 5.74) is 4.34. The van der Waals surface area contributed by atoms with E-state index in [9.17, 15) is 14.4 Å². The lowest BCUT2D eigenvalue weighted by Gasteiger charge is -2.15. The van der Waals surface area contributed by atoms with Gasteiger partial charge in [-0.25, -0.2) is 4.79 Å². The average Bonchev–Trinajstić information content (AvgIpc) is 3.18. The van der Waals surface area contributed by atoms with Crippen molar-refractivity contribution in [2.45, 2.75) is 39.2 Å². The number of ether oxygens (including phenoxy) is 1. The van der Waals surface area contributed by atoms with Gasteiger partial charge in [0, 0.05) is 17.7 Å². The van der Waals surface area contributed by atoms with Crippen LogP contribution in [0.2, 0.25) is 0 Å². The van der Waals surface area contributed by atoms with E-state index in [0.717, 1.165) is 41.6 Å². The number of hydrogen-bond donors (Lipinski definition) is 1. The van der Waals surface area contributed by atoms with E-state index >= 15 is 0 Å². The Bertz CT molecular complexity index is 1230. The Morgan fingerprint density at radius 2 is 1.88 bits per heavy atom. The molecule has 0 spiro atoms. The summed E-state index contributed by atoms with van der Waals surface area (Å²) in [5.74, 6) is -0.198. The molecule has 0 fully saturated rings. The summed E-state index contributed by atoms with van der Waals surface area (Å²) in [5, 5.41) is 2.67. The number of benzene rings is 2. The number of methoxy groups -OCH3 is 1. The van der Waals surface area contributed by atoms with Gasteiger partial charge in [0.15, 0.2) is 0 Å². The van der Waals surface area contributed by atoms with Crippen molar-refractivity contribution < 1.29 is 14.3 Å². The molecule has 7 nitrogen and oxygen atoms in total. The zero-order valence-electron chi connectivity index (χ0n) is 18.2. The average molecular weight is 431 g/mol. The molecule has 4 rings (SSSR count). The first-order chi connectivity index (χ1) is 15.5. The minimum Gasteiger partial charge on any atom is -0.465 e. The van der Waals surface area contributed by atoms with Gasteiger partial charge in [-0.15, -0.1) is 0 Å². The number of carbonyl (C=O) groups excluding carboxylic acids is 2. The molecule has 7 heteroatoms. The predicted molar refractivity (Wildman–Crippen MR) is 122 cm³/mol. The third kappa shape index (κ3) is 4.19. The second-order valence-electron chi connectivity index (χ2n) is 7.81. The summed E-state index contributed by atoms with van der Waals surface area (Å²) < 4.78 is 6.72. The summed E-state index contributed by atoms with van der Waals surface area (Å²) in [7, 11) is 1.37. The molecule has 0 radical (unpaired) electrons. The highest BCUT2D eigenvalue weighted by molar-refractivity contribution is 5.97. The molecule has 1 aliphatic heterocycles. The van der Waals surface area contributed by atoms with Crippen LogP contribution >= 0.6 is 0 Å². The minimum atomic E-state index is -0.384. The molecule has 164 valence electrons. The van der Waals surface area contributed by atoms with Crippen molar-refractivity contribution in [1.82, 2.24) is 9.55 Å². The molecule has 1 aliphatic rings. The number of amides is 1. The number of fused-ring (bicyclic) bond motifs is 1. The van der Waals surface area contributed by atoms with Crippen LogP contribution in [0.4, 0.5) is 5.95 Å². The maximum atomic E-state index is 12.8. The summed E-state index contributed by atoms with van der Waals surface area (Å²) in [6.45, 7) is 2.29. The topological polar surface area (TPSA) is 90.3 Å². The summed E-state index contributed by atoms with van der Waals surface area (Å²) in [6.07, 6.45) is 3.06. The lowest BCUT2D eigenvalue weighted by molar-refractivity contribution is -0.115. The maximum Gasteiger partial charge on any atom is 0.338 e. The van der Waals surface area contributed by atoms with Gasteiger partial charge in [0.05, 0.1) is 12.7 Å². The molecular weight excluding hydrogens is 406 g/mol. The highest BCUT2D eigenvalue weighted by Crippen LogP contribution is 2.26. The summed E-state index contributed by atoms with van der Waals surface area (Å²) in [4.78, 5) is 40.9. The molecule has 0 unspecified atom stereocenters. The molecule has 3 aromatic rings. The molecule has 0 atom stereocenters. The molecule has 1 amide bonds. The maximum absolute atomic E-state index is 12.8. The van der Waals surface area contributed by atoms with Crippen molar-refractivity contribution in [2.24, 2.45) is 0 Å². The van der Waals surface area contributed by atoms with Gasteiger partial charge in [-0.3, -0.25) is 14.9 Å². The van der Waals surface area contributed by atoms with Gasteiger partial charge >= 0.3 is 5.97 Å². The second-order valence-corrected chi connectivity index (χ2v) is 7.81. The first-order valence-electron chi connectivity index (χ1n) is 10.7. The predicted octanol–water partition coefficient (Wildman–Crippen LogP) is 3.58. The Hall–Kier alpha value is -3.74. The molecule has 2 heterocycles. The van der Waals surface area contributed by atoms with Crippen molar-refractivity contribution in [3.63, 3.8) is 0 Å². The van der Waals surface area contributed by atoms with Crippen molar-refractivity contribution in [2.75, 3.05) is 12.4 Å². The van der Waals surface area contributed by atoms with Gasteiger partial charge in [0.2, 0.25) is 11.9 Å². The Balaban J connectivity index is 1.67. The number of aromatic nitrogens is 2. The number of carbonyl (C=O) groups is 2. The van der Waals surface area contributed by atoms with E-state index in [1.807, 2.05) is 41.0 Å². The molecule has 32 heavy (non-hydrogen) atoms. The Kier molecular flexibility index (Phi) is 6.16. The zero-order chi connectivity index (χ0) is 22.7. The fourth-order valence-corrected chi connectivity index (χ4v) is 4.05. The normalized spacial score (nSPS) is 12.4. The Morgan fingerprint density at radius 3 is 2.59 bits per heavy atom. The molecule has 1 aromatic heterocycles. The van der Waals surface area contributed by atoms with E-state index < -0.39 is 0 Å². The summed E-state index contributed by atoms with van der Waals surface area (Å²) >= 11 is 0. The van der Waals surface area contributed by atoms with Crippen molar-refractivity contribution in [1.29, 1.82) is 0 Å². The monoisotopic (exact) mass is 431 g/mol. The van der Waals surface area contributed by atoms with Crippen LogP contribution in [0, 0.1) is 0 Å². The van der Waals surface area contributed by atoms with Crippen LogP contribution in [-0.4, -0.2) is 28.5 Å². The van der Waals surface area contributed by atoms with Crippen molar-refractivity contribution >= 4 is 17.8 Å². The van der Waals surface area contributed by atoms with E-state index in [2.05, 4.69) is 17.2 Å². The standard InChI is InChI=1S/C25H25N3O4/c1-3-4-9-21-20(23(30)27-25-26-22(29)15-28(21)25)14-16-10-12-17(13-11-16)18-7-5-6-8-19(18)24(31)32-2/h5-8,10-13H,3-4,9,14-15H2,1-2H3,(H,26,27,29,30). The van der Waals surface area contributed by atoms with Crippen LogP contribution in [0.3, 0.4) is 0 Å². The van der Waals surface area contributed by atoms with E-state index in [1.165, 1.54) is 7.11 Å². The van der Waals surface area contributed by atoms with Crippen LogP contribution in [0.15, 0.2) is 53.3 Å². The van der Waals surface area contributed by atoms with Gasteiger partial charge in [-0.05, 0) is 35.6 Å². The van der Waals surface area contributed by atoms with E-state index in [0.29, 0.717) is 23.5 Å². The Morgan fingerprint density at radius 1 is 1.12 bits per heavy atom. The lowest BCUT2D eigenvalue weighted by Crippen LogP contribution is -2.22. The van der Waals surface area contributed by atoms with E-state index in [-0.39, 0.29) is 24.0 Å². The number of nitrogens with zero attached hydrogens (tertiary/aromatic N) is 2. The van der Waals surface area contributed by atoms with E-state index in [4.69, 9.17) is 4.74 Å². The number of rotatable bonds is 7. The molecule has 1 N–H and O–H groups in total. The fraction of sp³-hybridized carbons (Fsp3) is 0.280. The lowest BCUT2D eigenvalue weighted by atomic mass is 9.96. The van der Waals surface area contributed by atoms with Crippen LogP contribution in [0.25, 0.3) is 11.1 Å². The molecular formula is C25H25N3O4. The van der Waals surface area contributed by atoms with Crippen LogP contribution < -0.4 is 10.9 Å². The molecule has 0 saturated carbocycles. The smallest absolute Gasteiger partial charge is 0.338 e. The number of unbranched alkanes of at least 4 members (excludes halogenated alkanes) is 1. The number of hydrogen-bond acceptors (Lipinski definition) is 5. The van der Waals surface area contributed by atoms with Crippen molar-refractivity contribution in [3.05, 3.63) is 81.3 Å². The number of nitrogens with one attached hydrogen (secondary N) is 1. The quantitative estimate of drug-likeness (QED) is 0.578. The van der Waals surface area contributed by atoms with Gasteiger partial charge in [-0.1, -0.05) is 55.8 Å². The molecule has 0 bridgehead atoms. The second kappa shape index (κ2) is 9.18. The zero-order valence-corrected chi connectivity index (χ0v) is 18.2. The van der Waals surface area contributed by atoms with E-state index in [1.54, 1.807) is 12.1 Å². The van der Waals surface area contributed by atoms with Gasteiger partial charge in [-0.2, -0.15) is 4.98 Å². The van der Waals surface area contributed by atoms with Crippen LogP contribution in [-0.2, 0) is 28.9 Å². The van der Waals surface area contributed by atoms with Gasteiger partial charge in [0.25, 0.3) is 5.56 Å². The molecule has 2 aromatic carbocycles. The third-order valence-corrected chi connectivity index (χ3v) is 5.69. The van der Waals surface area contributed by atoms with Gasteiger partial charge in [0.1, 0.15) is 6.54 Å². The highest BCUT2D eigenvalue weighted by Gasteiger charge is 2.24. The third-order valence-electron chi connectivity index (χ3n) is 5.69. The van der Waals surface area contributed by atoms with Crippen LogP contribution in [0.5, 0.6) is 0 Å². The first kappa shape index (κ1) is 21.5. The van der Waals surface area contributed by atoms with Crippen LogP contribution in [0.1, 0.15) is 46.9 Å². The minimum absolute atomic E-state index is 0.152. The molecule has 0 saturated heterocycles. The SMILES string of the molecule is CCCCc1c(Cc2ccc(-c3ccccc3C(=O)OC)cc2)c(=O)nc2n1CC(=O)N2. The molecule has 0 aliphatic carbocycles. The Labute approximate surface area is 186 Å². The highest BCUT2D eigenvalue weighted by atomic mass is 16.5. The van der Waals surface area contributed by atoms with Gasteiger partial charge < -0.3 is 9.30 Å².